The van der Waals surface area contributed by atoms with E-state index in [1.54, 1.807) is 6.07 Å². The van der Waals surface area contributed by atoms with Crippen molar-refractivity contribution in [1.82, 2.24) is 0 Å². The van der Waals surface area contributed by atoms with Gasteiger partial charge >= 0.3 is 0 Å². The van der Waals surface area contributed by atoms with Crippen LogP contribution in [0.3, 0.4) is 0 Å². The predicted molar refractivity (Wildman–Crippen MR) is 60.9 cm³/mol. The van der Waals surface area contributed by atoms with Gasteiger partial charge in [-0.05, 0) is 36.5 Å². The summed E-state index contributed by atoms with van der Waals surface area (Å²) in [4.78, 5) is 0. The van der Waals surface area contributed by atoms with Crippen molar-refractivity contribution in [1.29, 1.82) is 0 Å². The molecule has 0 aromatic heterocycles. The molecule has 3 heteroatoms. The SMILES string of the molecule is Cc1cccc(O)c1C(C)CC(O)CN. The second kappa shape index (κ2) is 5.14. The number of nitrogens with two attached hydrogens (primary N) is 1. The van der Waals surface area contributed by atoms with E-state index in [9.17, 15) is 10.2 Å². The van der Waals surface area contributed by atoms with Crippen molar-refractivity contribution < 1.29 is 10.2 Å². The highest BCUT2D eigenvalue weighted by molar-refractivity contribution is 5.40. The van der Waals surface area contributed by atoms with E-state index >= 15 is 0 Å². The van der Waals surface area contributed by atoms with E-state index in [2.05, 4.69) is 0 Å². The van der Waals surface area contributed by atoms with E-state index in [1.807, 2.05) is 26.0 Å². The van der Waals surface area contributed by atoms with Crippen LogP contribution in [-0.4, -0.2) is 22.9 Å². The summed E-state index contributed by atoms with van der Waals surface area (Å²) >= 11 is 0. The zero-order valence-corrected chi connectivity index (χ0v) is 9.27. The number of benzene rings is 1. The highest BCUT2D eigenvalue weighted by Crippen LogP contribution is 2.31. The van der Waals surface area contributed by atoms with Gasteiger partial charge in [-0.2, -0.15) is 0 Å². The molecule has 0 saturated carbocycles. The van der Waals surface area contributed by atoms with Crippen LogP contribution in [0.15, 0.2) is 18.2 Å². The van der Waals surface area contributed by atoms with Crippen molar-refractivity contribution in [2.24, 2.45) is 5.73 Å². The Morgan fingerprint density at radius 1 is 1.40 bits per heavy atom. The number of aryl methyl sites for hydroxylation is 1. The van der Waals surface area contributed by atoms with Gasteiger partial charge in [-0.1, -0.05) is 19.1 Å². The van der Waals surface area contributed by atoms with Crippen LogP contribution in [0, 0.1) is 6.92 Å². The van der Waals surface area contributed by atoms with Crippen LogP contribution >= 0.6 is 0 Å². The molecule has 1 aromatic carbocycles. The molecule has 0 bridgehead atoms. The molecule has 2 atom stereocenters. The first kappa shape index (κ1) is 12.0. The molecule has 0 saturated heterocycles. The average molecular weight is 209 g/mol. The molecule has 0 radical (unpaired) electrons. The number of hydrogen-bond donors (Lipinski definition) is 3. The van der Waals surface area contributed by atoms with E-state index in [4.69, 9.17) is 5.73 Å². The van der Waals surface area contributed by atoms with Crippen molar-refractivity contribution in [2.45, 2.75) is 32.3 Å². The lowest BCUT2D eigenvalue weighted by Gasteiger charge is -2.18. The van der Waals surface area contributed by atoms with E-state index in [0.29, 0.717) is 12.2 Å². The second-order valence-corrected chi connectivity index (χ2v) is 4.03. The first-order valence-corrected chi connectivity index (χ1v) is 5.22. The Morgan fingerprint density at radius 3 is 2.60 bits per heavy atom. The molecule has 0 aliphatic carbocycles. The lowest BCUT2D eigenvalue weighted by molar-refractivity contribution is 0.164. The molecular formula is C12H19NO2. The molecule has 0 heterocycles. The third kappa shape index (κ3) is 2.94. The maximum absolute atomic E-state index is 9.73. The lowest BCUT2D eigenvalue weighted by Crippen LogP contribution is -2.21. The van der Waals surface area contributed by atoms with E-state index in [0.717, 1.165) is 11.1 Å². The topological polar surface area (TPSA) is 66.5 Å². The van der Waals surface area contributed by atoms with E-state index in [1.165, 1.54) is 0 Å². The molecule has 4 N–H and O–H groups in total. The first-order valence-electron chi connectivity index (χ1n) is 5.22. The van der Waals surface area contributed by atoms with Crippen molar-refractivity contribution in [2.75, 3.05) is 6.54 Å². The molecule has 2 unspecified atom stereocenters. The largest absolute Gasteiger partial charge is 0.508 e. The van der Waals surface area contributed by atoms with Crippen molar-refractivity contribution in [3.8, 4) is 5.75 Å². The van der Waals surface area contributed by atoms with Gasteiger partial charge in [-0.15, -0.1) is 0 Å². The van der Waals surface area contributed by atoms with Gasteiger partial charge in [0, 0.05) is 6.54 Å². The first-order chi connectivity index (χ1) is 7.06. The Hall–Kier alpha value is -1.06. The van der Waals surface area contributed by atoms with Crippen LogP contribution in [0.1, 0.15) is 30.4 Å². The van der Waals surface area contributed by atoms with Crippen molar-refractivity contribution in [3.05, 3.63) is 29.3 Å². The molecule has 84 valence electrons. The molecule has 1 aromatic rings. The number of aromatic hydroxyl groups is 1. The number of aliphatic hydroxyl groups excluding tert-OH is 1. The number of phenolic OH excluding ortho intramolecular Hbond substituents is 1. The third-order valence-corrected chi connectivity index (χ3v) is 2.69. The van der Waals surface area contributed by atoms with Crippen LogP contribution in [0.2, 0.25) is 0 Å². The van der Waals surface area contributed by atoms with Gasteiger partial charge in [0.1, 0.15) is 5.75 Å². The summed E-state index contributed by atoms with van der Waals surface area (Å²) in [5.41, 5.74) is 7.32. The quantitative estimate of drug-likeness (QED) is 0.704. The van der Waals surface area contributed by atoms with E-state index in [-0.39, 0.29) is 12.5 Å². The summed E-state index contributed by atoms with van der Waals surface area (Å²) in [6.45, 7) is 4.21. The average Bonchev–Trinajstić information content (AvgIpc) is 2.17. The minimum atomic E-state index is -0.501. The summed E-state index contributed by atoms with van der Waals surface area (Å²) in [5, 5.41) is 19.2. The van der Waals surface area contributed by atoms with Crippen LogP contribution in [0.5, 0.6) is 5.75 Å². The number of phenols is 1. The summed E-state index contributed by atoms with van der Waals surface area (Å²) in [7, 11) is 0. The third-order valence-electron chi connectivity index (χ3n) is 2.69. The minimum absolute atomic E-state index is 0.116. The molecule has 0 amide bonds. The maximum Gasteiger partial charge on any atom is 0.119 e. The molecule has 0 spiro atoms. The highest BCUT2D eigenvalue weighted by atomic mass is 16.3. The van der Waals surface area contributed by atoms with Gasteiger partial charge in [0.05, 0.1) is 6.10 Å². The molecule has 3 nitrogen and oxygen atoms in total. The van der Waals surface area contributed by atoms with E-state index < -0.39 is 6.10 Å². The number of aliphatic hydroxyl groups is 1. The lowest BCUT2D eigenvalue weighted by atomic mass is 9.91. The van der Waals surface area contributed by atoms with Crippen LogP contribution in [0.4, 0.5) is 0 Å². The monoisotopic (exact) mass is 209 g/mol. The van der Waals surface area contributed by atoms with Gasteiger partial charge in [0.25, 0.3) is 0 Å². The second-order valence-electron chi connectivity index (χ2n) is 4.03. The highest BCUT2D eigenvalue weighted by Gasteiger charge is 2.15. The Morgan fingerprint density at radius 2 is 2.07 bits per heavy atom. The van der Waals surface area contributed by atoms with Crippen LogP contribution < -0.4 is 5.73 Å². The molecule has 0 fully saturated rings. The standard InChI is InChI=1S/C12H19NO2/c1-8-4-3-5-11(15)12(8)9(2)6-10(14)7-13/h3-5,9-10,14-15H,6-7,13H2,1-2H3. The van der Waals surface area contributed by atoms with Gasteiger partial charge in [0.2, 0.25) is 0 Å². The molecule has 15 heavy (non-hydrogen) atoms. The normalized spacial score (nSPS) is 14.9. The zero-order chi connectivity index (χ0) is 11.4. The van der Waals surface area contributed by atoms with Crippen LogP contribution in [0.25, 0.3) is 0 Å². The van der Waals surface area contributed by atoms with Gasteiger partial charge in [0.15, 0.2) is 0 Å². The Balaban J connectivity index is 2.86. The fourth-order valence-corrected chi connectivity index (χ4v) is 1.93. The fourth-order valence-electron chi connectivity index (χ4n) is 1.93. The number of hydrogen-bond acceptors (Lipinski definition) is 3. The summed E-state index contributed by atoms with van der Waals surface area (Å²) in [6.07, 6.45) is 0.0774. The summed E-state index contributed by atoms with van der Waals surface area (Å²) in [6, 6.07) is 5.45. The minimum Gasteiger partial charge on any atom is -0.508 e. The fraction of sp³-hybridized carbons (Fsp3) is 0.500. The smallest absolute Gasteiger partial charge is 0.119 e. The Bertz CT molecular complexity index is 305. The van der Waals surface area contributed by atoms with Gasteiger partial charge in [-0.3, -0.25) is 0 Å². The summed E-state index contributed by atoms with van der Waals surface area (Å²) in [5.74, 6) is 0.413. The number of rotatable bonds is 4. The summed E-state index contributed by atoms with van der Waals surface area (Å²) < 4.78 is 0. The maximum atomic E-state index is 9.73. The molecular weight excluding hydrogens is 190 g/mol. The zero-order valence-electron chi connectivity index (χ0n) is 9.27. The Kier molecular flexibility index (Phi) is 4.12. The molecule has 0 aliphatic rings. The van der Waals surface area contributed by atoms with Crippen molar-refractivity contribution >= 4 is 0 Å². The predicted octanol–water partition coefficient (Wildman–Crippen LogP) is 1.51. The molecule has 1 rings (SSSR count). The van der Waals surface area contributed by atoms with Gasteiger partial charge < -0.3 is 15.9 Å². The van der Waals surface area contributed by atoms with Gasteiger partial charge in [-0.25, -0.2) is 0 Å². The Labute approximate surface area is 90.5 Å². The van der Waals surface area contributed by atoms with Crippen molar-refractivity contribution in [3.63, 3.8) is 0 Å². The molecule has 0 aliphatic heterocycles. The van der Waals surface area contributed by atoms with Crippen LogP contribution in [-0.2, 0) is 0 Å².